The van der Waals surface area contributed by atoms with Crippen molar-refractivity contribution in [2.24, 2.45) is 0 Å². The fourth-order valence-electron chi connectivity index (χ4n) is 6.56. The number of likely N-dealkylation sites (N-methyl/N-ethyl adjacent to an activating group) is 2. The van der Waals surface area contributed by atoms with Crippen LogP contribution in [-0.2, 0) is 33.0 Å². The summed E-state index contributed by atoms with van der Waals surface area (Å²) >= 11 is 0. The van der Waals surface area contributed by atoms with Gasteiger partial charge in [0, 0.05) is 52.9 Å². The second kappa shape index (κ2) is 11.1. The Bertz CT molecular complexity index is 1480. The highest BCUT2D eigenvalue weighted by Gasteiger charge is 2.56. The smallest absolute Gasteiger partial charge is 0.312 e. The molecule has 0 spiro atoms. The van der Waals surface area contributed by atoms with E-state index in [-0.39, 0.29) is 24.7 Å². The second-order valence-electron chi connectivity index (χ2n) is 11.7. The van der Waals surface area contributed by atoms with E-state index >= 15 is 0 Å². The average molecular weight is 585 g/mol. The van der Waals surface area contributed by atoms with Crippen molar-refractivity contribution < 1.29 is 28.6 Å². The lowest BCUT2D eigenvalue weighted by Crippen LogP contribution is -2.59. The Balaban J connectivity index is 1.58. The zero-order chi connectivity index (χ0) is 30.4. The second-order valence-corrected chi connectivity index (χ2v) is 11.7. The van der Waals surface area contributed by atoms with Crippen LogP contribution in [0.15, 0.2) is 23.0 Å². The number of amides is 3. The molecule has 6 rings (SSSR count). The van der Waals surface area contributed by atoms with Crippen LogP contribution in [0.1, 0.15) is 53.1 Å². The number of fused-ring (bicyclic) bond motifs is 2. The van der Waals surface area contributed by atoms with E-state index in [1.165, 1.54) is 47.6 Å². The zero-order valence-electron chi connectivity index (χ0n) is 24.4. The van der Waals surface area contributed by atoms with E-state index in [1.54, 1.807) is 13.0 Å². The van der Waals surface area contributed by atoms with Crippen LogP contribution < -0.4 is 10.9 Å². The summed E-state index contributed by atoms with van der Waals surface area (Å²) in [6.45, 7) is 4.30. The van der Waals surface area contributed by atoms with Crippen molar-refractivity contribution in [3.63, 3.8) is 0 Å². The topological polar surface area (TPSA) is 137 Å². The highest BCUT2D eigenvalue weighted by atomic mass is 19.1. The number of rotatable bonds is 5. The molecule has 3 aliphatic heterocycles. The highest BCUT2D eigenvalue weighted by Crippen LogP contribution is 2.50. The molecule has 42 heavy (non-hydrogen) atoms. The summed E-state index contributed by atoms with van der Waals surface area (Å²) in [6.07, 6.45) is 2.02. The van der Waals surface area contributed by atoms with E-state index in [0.717, 1.165) is 0 Å². The summed E-state index contributed by atoms with van der Waals surface area (Å²) in [4.78, 5) is 62.7. The zero-order valence-corrected chi connectivity index (χ0v) is 24.4. The van der Waals surface area contributed by atoms with Gasteiger partial charge in [-0.3, -0.25) is 28.6 Å². The summed E-state index contributed by atoms with van der Waals surface area (Å²) in [5, 5.41) is 13.6. The summed E-state index contributed by atoms with van der Waals surface area (Å²) in [7, 11) is 4.50. The third-order valence-corrected chi connectivity index (χ3v) is 9.13. The lowest BCUT2D eigenvalue weighted by Gasteiger charge is -2.51. The number of hydrogen-bond acceptors (Lipinski definition) is 8. The van der Waals surface area contributed by atoms with Crippen LogP contribution in [0, 0.1) is 12.7 Å². The number of aromatic nitrogens is 2. The van der Waals surface area contributed by atoms with Crippen molar-refractivity contribution in [1.82, 2.24) is 29.6 Å². The number of halogens is 1. The molecule has 13 heteroatoms. The SMILES string of the molecule is Cc1cc(CNC(=O)c2nc3n(c(=O)c2O)CC2(N4CCOCC4)CCC3(N(C)C(=O)C(=O)N(C)C)CC2)ccc1F. The molecular weight excluding hydrogens is 547 g/mol. The highest BCUT2D eigenvalue weighted by molar-refractivity contribution is 6.34. The molecule has 12 nitrogen and oxygen atoms in total. The van der Waals surface area contributed by atoms with Gasteiger partial charge in [-0.25, -0.2) is 9.37 Å². The van der Waals surface area contributed by atoms with Crippen LogP contribution in [0.5, 0.6) is 5.75 Å². The minimum atomic E-state index is -1.16. The van der Waals surface area contributed by atoms with Gasteiger partial charge in [-0.2, -0.15) is 0 Å². The van der Waals surface area contributed by atoms with Gasteiger partial charge < -0.3 is 25.0 Å². The molecule has 4 heterocycles. The summed E-state index contributed by atoms with van der Waals surface area (Å²) in [5.74, 6) is -3.26. The predicted octanol–water partition coefficient (Wildman–Crippen LogP) is 0.727. The van der Waals surface area contributed by atoms with E-state index in [4.69, 9.17) is 4.74 Å². The molecule has 0 radical (unpaired) electrons. The minimum Gasteiger partial charge on any atom is -0.501 e. The Labute approximate surface area is 243 Å². The van der Waals surface area contributed by atoms with E-state index in [0.29, 0.717) is 63.1 Å². The Hall–Kier alpha value is -3.84. The maximum Gasteiger partial charge on any atom is 0.312 e. The van der Waals surface area contributed by atoms with Crippen molar-refractivity contribution in [3.8, 4) is 5.75 Å². The normalized spacial score (nSPS) is 23.5. The number of benzene rings is 1. The number of carbonyl (C=O) groups excluding carboxylic acids is 3. The summed E-state index contributed by atoms with van der Waals surface area (Å²) in [6, 6.07) is 4.42. The van der Waals surface area contributed by atoms with Gasteiger partial charge in [0.25, 0.3) is 11.5 Å². The van der Waals surface area contributed by atoms with Gasteiger partial charge >= 0.3 is 11.8 Å². The minimum absolute atomic E-state index is 0.0144. The van der Waals surface area contributed by atoms with Gasteiger partial charge in [-0.15, -0.1) is 0 Å². The van der Waals surface area contributed by atoms with Gasteiger partial charge in [-0.05, 0) is 49.8 Å². The van der Waals surface area contributed by atoms with Gasteiger partial charge in [0.1, 0.15) is 17.2 Å². The molecule has 0 atom stereocenters. The van der Waals surface area contributed by atoms with Crippen LogP contribution in [0.25, 0.3) is 0 Å². The van der Waals surface area contributed by atoms with E-state index in [2.05, 4.69) is 15.2 Å². The number of ether oxygens (including phenoxy) is 1. The average Bonchev–Trinajstić information content (AvgIpc) is 3.23. The molecule has 226 valence electrons. The molecule has 2 bridgehead atoms. The number of aryl methyl sites for hydroxylation is 1. The first-order valence-electron chi connectivity index (χ1n) is 14.1. The van der Waals surface area contributed by atoms with Crippen molar-refractivity contribution in [2.45, 2.75) is 56.8 Å². The van der Waals surface area contributed by atoms with Crippen LogP contribution in [-0.4, -0.2) is 100 Å². The van der Waals surface area contributed by atoms with E-state index in [9.17, 15) is 28.7 Å². The Morgan fingerprint density at radius 1 is 1.10 bits per heavy atom. The molecule has 2 aromatic rings. The predicted molar refractivity (Wildman–Crippen MR) is 149 cm³/mol. The largest absolute Gasteiger partial charge is 0.501 e. The van der Waals surface area contributed by atoms with Crippen LogP contribution >= 0.6 is 0 Å². The molecule has 2 N–H and O–H groups in total. The fraction of sp³-hybridized carbons (Fsp3) is 0.552. The van der Waals surface area contributed by atoms with Gasteiger partial charge in [0.15, 0.2) is 5.69 Å². The van der Waals surface area contributed by atoms with Crippen LogP contribution in [0.3, 0.4) is 0 Å². The first-order valence-corrected chi connectivity index (χ1v) is 14.1. The number of nitrogens with one attached hydrogen (secondary N) is 1. The summed E-state index contributed by atoms with van der Waals surface area (Å²) < 4.78 is 20.6. The summed E-state index contributed by atoms with van der Waals surface area (Å²) in [5.41, 5.74) is -1.81. The monoisotopic (exact) mass is 584 g/mol. The number of carbonyl (C=O) groups is 3. The third-order valence-electron chi connectivity index (χ3n) is 9.13. The number of hydrogen-bond donors (Lipinski definition) is 2. The molecular formula is C29H37FN6O6. The van der Waals surface area contributed by atoms with Crippen molar-refractivity contribution >= 4 is 17.7 Å². The molecule has 3 amide bonds. The van der Waals surface area contributed by atoms with Crippen LogP contribution in [0.4, 0.5) is 4.39 Å². The van der Waals surface area contributed by atoms with Crippen molar-refractivity contribution in [2.75, 3.05) is 47.4 Å². The molecule has 1 saturated carbocycles. The van der Waals surface area contributed by atoms with Crippen LogP contribution in [0.2, 0.25) is 0 Å². The molecule has 1 aliphatic carbocycles. The standard InChI is InChI=1S/C29H37FN6O6/c1-18-15-19(5-6-20(18)30)16-31-23(38)21-22(37)24(39)36-17-28(35-11-13-42-14-12-35)7-9-29(10-8-28,27(36)32-21)34(4)26(41)25(40)33(2)3/h5-6,15,37H,7-14,16-17H2,1-4H3,(H,31,38). The Kier molecular flexibility index (Phi) is 7.84. The molecule has 1 saturated heterocycles. The van der Waals surface area contributed by atoms with Crippen molar-refractivity contribution in [3.05, 3.63) is 57.0 Å². The molecule has 2 fully saturated rings. The quantitative estimate of drug-likeness (QED) is 0.491. The van der Waals surface area contributed by atoms with Gasteiger partial charge in [-0.1, -0.05) is 12.1 Å². The number of aromatic hydroxyl groups is 1. The first-order chi connectivity index (χ1) is 19.9. The van der Waals surface area contributed by atoms with Crippen molar-refractivity contribution in [1.29, 1.82) is 0 Å². The Morgan fingerprint density at radius 2 is 1.76 bits per heavy atom. The fourth-order valence-corrected chi connectivity index (χ4v) is 6.56. The van der Waals surface area contributed by atoms with E-state index in [1.807, 2.05) is 0 Å². The molecule has 1 aromatic carbocycles. The lowest BCUT2D eigenvalue weighted by atomic mass is 9.71. The van der Waals surface area contributed by atoms with Gasteiger partial charge in [0.05, 0.1) is 13.2 Å². The lowest BCUT2D eigenvalue weighted by molar-refractivity contribution is -0.155. The first kappa shape index (κ1) is 29.6. The maximum atomic E-state index is 13.8. The van der Waals surface area contributed by atoms with Gasteiger partial charge in [0.2, 0.25) is 5.75 Å². The third kappa shape index (κ3) is 4.94. The molecule has 4 aliphatic rings. The Morgan fingerprint density at radius 3 is 2.38 bits per heavy atom. The van der Waals surface area contributed by atoms with E-state index < -0.39 is 45.8 Å². The number of morpholine rings is 1. The molecule has 0 unspecified atom stereocenters. The molecule has 1 aromatic heterocycles. The number of nitrogens with zero attached hydrogens (tertiary/aromatic N) is 5. The maximum absolute atomic E-state index is 13.8.